The van der Waals surface area contributed by atoms with Crippen molar-refractivity contribution >= 4 is 5.69 Å². The molecule has 2 heteroatoms. The zero-order valence-corrected chi connectivity index (χ0v) is 12.4. The fourth-order valence-corrected chi connectivity index (χ4v) is 2.95. The molecule has 2 N–H and O–H groups in total. The van der Waals surface area contributed by atoms with Crippen molar-refractivity contribution in [3.63, 3.8) is 0 Å². The predicted octanol–water partition coefficient (Wildman–Crippen LogP) is 3.97. The molecule has 106 valence electrons. The van der Waals surface area contributed by atoms with Crippen molar-refractivity contribution < 1.29 is 0 Å². The maximum atomic E-state index is 3.62. The molecule has 1 aromatic carbocycles. The average Bonchev–Trinajstić information content (AvgIpc) is 2.42. The van der Waals surface area contributed by atoms with E-state index in [1.54, 1.807) is 0 Å². The van der Waals surface area contributed by atoms with Crippen molar-refractivity contribution in [1.29, 1.82) is 0 Å². The van der Waals surface area contributed by atoms with E-state index in [0.717, 1.165) is 0 Å². The minimum Gasteiger partial charge on any atom is -0.383 e. The van der Waals surface area contributed by atoms with Gasteiger partial charge in [-0.2, -0.15) is 0 Å². The van der Waals surface area contributed by atoms with Crippen molar-refractivity contribution in [3.8, 4) is 0 Å². The average molecular weight is 260 g/mol. The first-order valence-corrected chi connectivity index (χ1v) is 7.87. The number of hydrogen-bond donors (Lipinski definition) is 2. The highest BCUT2D eigenvalue weighted by molar-refractivity contribution is 5.45. The van der Waals surface area contributed by atoms with Gasteiger partial charge < -0.3 is 10.6 Å². The summed E-state index contributed by atoms with van der Waals surface area (Å²) in [5.41, 5.74) is 2.69. The quantitative estimate of drug-likeness (QED) is 0.808. The van der Waals surface area contributed by atoms with Gasteiger partial charge in [0.2, 0.25) is 0 Å². The number of nitrogens with one attached hydrogen (secondary N) is 2. The van der Waals surface area contributed by atoms with Gasteiger partial charge in [0.15, 0.2) is 0 Å². The minimum absolute atomic E-state index is 0.535. The summed E-state index contributed by atoms with van der Waals surface area (Å²) in [7, 11) is 0. The van der Waals surface area contributed by atoms with Crippen LogP contribution >= 0.6 is 0 Å². The van der Waals surface area contributed by atoms with E-state index >= 15 is 0 Å². The Labute approximate surface area is 118 Å². The second-order valence-corrected chi connectivity index (χ2v) is 5.87. The van der Waals surface area contributed by atoms with Crippen molar-refractivity contribution in [1.82, 2.24) is 5.32 Å². The fraction of sp³-hybridized carbons (Fsp3) is 0.647. The first-order chi connectivity index (χ1) is 9.28. The molecule has 0 radical (unpaired) electrons. The molecule has 0 saturated carbocycles. The Kier molecular flexibility index (Phi) is 5.71. The van der Waals surface area contributed by atoms with Crippen LogP contribution in [0.3, 0.4) is 0 Å². The summed E-state index contributed by atoms with van der Waals surface area (Å²) in [6.45, 7) is 5.71. The molecule has 2 nitrogen and oxygen atoms in total. The van der Waals surface area contributed by atoms with Crippen LogP contribution in [0.25, 0.3) is 0 Å². The molecule has 1 saturated heterocycles. The lowest BCUT2D eigenvalue weighted by Crippen LogP contribution is -2.37. The third-order valence-corrected chi connectivity index (χ3v) is 3.96. The van der Waals surface area contributed by atoms with Crippen LogP contribution in [0.1, 0.15) is 51.5 Å². The van der Waals surface area contributed by atoms with Gasteiger partial charge in [-0.05, 0) is 56.8 Å². The van der Waals surface area contributed by atoms with E-state index in [2.05, 4.69) is 48.7 Å². The minimum atomic E-state index is 0.535. The van der Waals surface area contributed by atoms with E-state index in [0.29, 0.717) is 12.1 Å². The van der Waals surface area contributed by atoms with Gasteiger partial charge in [-0.3, -0.25) is 0 Å². The van der Waals surface area contributed by atoms with Crippen LogP contribution in [0, 0.1) is 0 Å². The van der Waals surface area contributed by atoms with Crippen LogP contribution in [0.5, 0.6) is 0 Å². The molecule has 2 rings (SSSR count). The van der Waals surface area contributed by atoms with Crippen molar-refractivity contribution in [2.24, 2.45) is 0 Å². The molecule has 0 amide bonds. The van der Waals surface area contributed by atoms with E-state index < -0.39 is 0 Å². The Morgan fingerprint density at radius 2 is 2.05 bits per heavy atom. The van der Waals surface area contributed by atoms with E-state index in [4.69, 9.17) is 0 Å². The van der Waals surface area contributed by atoms with Gasteiger partial charge in [-0.15, -0.1) is 0 Å². The lowest BCUT2D eigenvalue weighted by Gasteiger charge is -2.27. The molecule has 0 bridgehead atoms. The van der Waals surface area contributed by atoms with Crippen LogP contribution in [0.4, 0.5) is 5.69 Å². The molecular formula is C17H28N2. The Bertz CT molecular complexity index is 352. The second-order valence-electron chi connectivity index (χ2n) is 5.87. The van der Waals surface area contributed by atoms with Crippen molar-refractivity contribution in [2.45, 2.75) is 64.5 Å². The van der Waals surface area contributed by atoms with Gasteiger partial charge in [0.1, 0.15) is 0 Å². The zero-order valence-electron chi connectivity index (χ0n) is 12.4. The summed E-state index contributed by atoms with van der Waals surface area (Å²) in [6.07, 6.45) is 7.68. The standard InChI is InChI=1S/C17H28N2/c1-3-6-15-8-10-16(11-9-15)19-14(2)13-17-7-4-5-12-18-17/h8-11,14,17-19H,3-7,12-13H2,1-2H3. The highest BCUT2D eigenvalue weighted by atomic mass is 15.0. The monoisotopic (exact) mass is 260 g/mol. The molecule has 2 atom stereocenters. The molecule has 0 spiro atoms. The van der Waals surface area contributed by atoms with Gasteiger partial charge >= 0.3 is 0 Å². The maximum absolute atomic E-state index is 3.62. The Hall–Kier alpha value is -1.02. The van der Waals surface area contributed by atoms with Crippen LogP contribution in [0.15, 0.2) is 24.3 Å². The highest BCUT2D eigenvalue weighted by Crippen LogP contribution is 2.16. The fourth-order valence-electron chi connectivity index (χ4n) is 2.95. The molecule has 19 heavy (non-hydrogen) atoms. The molecule has 2 unspecified atom stereocenters. The van der Waals surface area contributed by atoms with E-state index in [1.807, 2.05) is 0 Å². The Morgan fingerprint density at radius 3 is 2.68 bits per heavy atom. The summed E-state index contributed by atoms with van der Waals surface area (Å²) >= 11 is 0. The summed E-state index contributed by atoms with van der Waals surface area (Å²) in [6, 6.07) is 10.2. The normalized spacial score (nSPS) is 21.1. The number of aryl methyl sites for hydroxylation is 1. The molecule has 1 aliphatic heterocycles. The van der Waals surface area contributed by atoms with E-state index in [9.17, 15) is 0 Å². The molecule has 0 aromatic heterocycles. The van der Waals surface area contributed by atoms with Crippen LogP contribution < -0.4 is 10.6 Å². The summed E-state index contributed by atoms with van der Waals surface area (Å²) < 4.78 is 0. The molecule has 1 aliphatic rings. The number of benzene rings is 1. The predicted molar refractivity (Wildman–Crippen MR) is 83.8 cm³/mol. The number of piperidine rings is 1. The van der Waals surface area contributed by atoms with E-state index in [-0.39, 0.29) is 0 Å². The van der Waals surface area contributed by atoms with Gasteiger partial charge in [-0.25, -0.2) is 0 Å². The first-order valence-electron chi connectivity index (χ1n) is 7.87. The SMILES string of the molecule is CCCc1ccc(NC(C)CC2CCCCN2)cc1. The Morgan fingerprint density at radius 1 is 1.26 bits per heavy atom. The van der Waals surface area contributed by atoms with Crippen molar-refractivity contribution in [2.75, 3.05) is 11.9 Å². The second kappa shape index (κ2) is 7.54. The Balaban J connectivity index is 1.78. The summed E-state index contributed by atoms with van der Waals surface area (Å²) in [5, 5.41) is 7.24. The van der Waals surface area contributed by atoms with Crippen molar-refractivity contribution in [3.05, 3.63) is 29.8 Å². The largest absolute Gasteiger partial charge is 0.383 e. The molecule has 1 aromatic rings. The van der Waals surface area contributed by atoms with Gasteiger partial charge in [0, 0.05) is 17.8 Å². The van der Waals surface area contributed by atoms with Gasteiger partial charge in [0.25, 0.3) is 0 Å². The van der Waals surface area contributed by atoms with Gasteiger partial charge in [0.05, 0.1) is 0 Å². The van der Waals surface area contributed by atoms with Crippen LogP contribution in [0.2, 0.25) is 0 Å². The lowest BCUT2D eigenvalue weighted by atomic mass is 9.98. The van der Waals surface area contributed by atoms with Crippen LogP contribution in [-0.2, 0) is 6.42 Å². The summed E-state index contributed by atoms with van der Waals surface area (Å²) in [5.74, 6) is 0. The smallest absolute Gasteiger partial charge is 0.0342 e. The summed E-state index contributed by atoms with van der Waals surface area (Å²) in [4.78, 5) is 0. The molecule has 0 aliphatic carbocycles. The molecule has 1 heterocycles. The van der Waals surface area contributed by atoms with E-state index in [1.165, 1.54) is 56.3 Å². The molecular weight excluding hydrogens is 232 g/mol. The third kappa shape index (κ3) is 4.87. The highest BCUT2D eigenvalue weighted by Gasteiger charge is 2.15. The third-order valence-electron chi connectivity index (χ3n) is 3.96. The number of anilines is 1. The first kappa shape index (κ1) is 14.4. The van der Waals surface area contributed by atoms with Crippen LogP contribution in [-0.4, -0.2) is 18.6 Å². The lowest BCUT2D eigenvalue weighted by molar-refractivity contribution is 0.371. The maximum Gasteiger partial charge on any atom is 0.0342 e. The van der Waals surface area contributed by atoms with Gasteiger partial charge in [-0.1, -0.05) is 31.9 Å². The molecule has 1 fully saturated rings. The zero-order chi connectivity index (χ0) is 13.5. The number of hydrogen-bond acceptors (Lipinski definition) is 2. The topological polar surface area (TPSA) is 24.1 Å². The number of rotatable bonds is 6.